The summed E-state index contributed by atoms with van der Waals surface area (Å²) in [5, 5.41) is 0.945. The molecule has 2 amide bonds. The molecule has 0 aromatic carbocycles. The first-order valence-corrected chi connectivity index (χ1v) is 7.31. The van der Waals surface area contributed by atoms with E-state index in [9.17, 15) is 4.79 Å². The topological polar surface area (TPSA) is 75.4 Å². The molecule has 3 heterocycles. The van der Waals surface area contributed by atoms with Crippen molar-refractivity contribution in [3.8, 4) is 0 Å². The van der Waals surface area contributed by atoms with Gasteiger partial charge in [0.05, 0.1) is 11.9 Å². The van der Waals surface area contributed by atoms with Gasteiger partial charge < -0.3 is 15.5 Å². The quantitative estimate of drug-likeness (QED) is 0.914. The molecule has 1 fully saturated rings. The molecule has 1 saturated heterocycles. The third-order valence-corrected chi connectivity index (χ3v) is 4.84. The SMILES string of the molecule is Cc1sc2nc(CN3CCN(C)C3=O)nc(N)c2c1C. The van der Waals surface area contributed by atoms with Crippen LogP contribution in [0.3, 0.4) is 0 Å². The van der Waals surface area contributed by atoms with E-state index in [1.54, 1.807) is 28.2 Å². The van der Waals surface area contributed by atoms with Crippen molar-refractivity contribution in [2.75, 3.05) is 25.9 Å². The summed E-state index contributed by atoms with van der Waals surface area (Å²) in [5.41, 5.74) is 7.19. The fraction of sp³-hybridized carbons (Fsp3) is 0.462. The van der Waals surface area contributed by atoms with Crippen LogP contribution in [0.25, 0.3) is 10.2 Å². The number of hydrogen-bond acceptors (Lipinski definition) is 5. The van der Waals surface area contributed by atoms with Crippen LogP contribution in [0.4, 0.5) is 10.6 Å². The summed E-state index contributed by atoms with van der Waals surface area (Å²) in [4.78, 5) is 26.3. The van der Waals surface area contributed by atoms with Crippen LogP contribution in [-0.4, -0.2) is 45.9 Å². The Labute approximate surface area is 121 Å². The van der Waals surface area contributed by atoms with Crippen molar-refractivity contribution < 1.29 is 4.79 Å². The highest BCUT2D eigenvalue weighted by atomic mass is 32.1. The van der Waals surface area contributed by atoms with Gasteiger partial charge in [-0.1, -0.05) is 0 Å². The number of anilines is 1. The van der Waals surface area contributed by atoms with Gasteiger partial charge in [-0.25, -0.2) is 14.8 Å². The number of likely N-dealkylation sites (N-methyl/N-ethyl adjacent to an activating group) is 1. The molecule has 6 nitrogen and oxygen atoms in total. The second-order valence-corrected chi connectivity index (χ2v) is 6.32. The number of nitrogens with zero attached hydrogens (tertiary/aromatic N) is 4. The van der Waals surface area contributed by atoms with Gasteiger partial charge in [-0.2, -0.15) is 0 Å². The molecule has 0 bridgehead atoms. The van der Waals surface area contributed by atoms with Crippen LogP contribution in [0.15, 0.2) is 0 Å². The molecule has 3 rings (SSSR count). The van der Waals surface area contributed by atoms with Crippen LogP contribution in [0.5, 0.6) is 0 Å². The number of carbonyl (C=O) groups excluding carboxylic acids is 1. The van der Waals surface area contributed by atoms with Crippen LogP contribution in [0.2, 0.25) is 0 Å². The van der Waals surface area contributed by atoms with Gasteiger partial charge in [0.1, 0.15) is 10.6 Å². The van der Waals surface area contributed by atoms with E-state index in [1.807, 2.05) is 6.92 Å². The van der Waals surface area contributed by atoms with E-state index < -0.39 is 0 Å². The number of rotatable bonds is 2. The lowest BCUT2D eigenvalue weighted by atomic mass is 10.2. The molecule has 2 N–H and O–H groups in total. The summed E-state index contributed by atoms with van der Waals surface area (Å²) in [6.45, 7) is 5.96. The standard InChI is InChI=1S/C13H17N5OS/c1-7-8(2)20-12-10(7)11(14)15-9(16-12)6-18-5-4-17(3)13(18)19/h4-6H2,1-3H3,(H2,14,15,16). The van der Waals surface area contributed by atoms with Gasteiger partial charge in [0, 0.05) is 25.0 Å². The Kier molecular flexibility index (Phi) is 3.01. The van der Waals surface area contributed by atoms with Gasteiger partial charge in [0.25, 0.3) is 0 Å². The maximum absolute atomic E-state index is 11.9. The second kappa shape index (κ2) is 4.59. The zero-order chi connectivity index (χ0) is 14.4. The lowest BCUT2D eigenvalue weighted by Gasteiger charge is -2.15. The first-order chi connectivity index (χ1) is 9.47. The molecule has 1 aliphatic rings. The normalized spacial score (nSPS) is 15.7. The molecule has 0 unspecified atom stereocenters. The van der Waals surface area contributed by atoms with Crippen LogP contribution in [0, 0.1) is 13.8 Å². The zero-order valence-corrected chi connectivity index (χ0v) is 12.6. The van der Waals surface area contributed by atoms with E-state index >= 15 is 0 Å². The van der Waals surface area contributed by atoms with Gasteiger partial charge >= 0.3 is 6.03 Å². The smallest absolute Gasteiger partial charge is 0.320 e. The van der Waals surface area contributed by atoms with E-state index in [1.165, 1.54) is 4.88 Å². The molecular formula is C13H17N5OS. The Balaban J connectivity index is 1.95. The van der Waals surface area contributed by atoms with E-state index in [0.29, 0.717) is 24.7 Å². The summed E-state index contributed by atoms with van der Waals surface area (Å²) >= 11 is 1.62. The van der Waals surface area contributed by atoms with Crippen molar-refractivity contribution in [3.63, 3.8) is 0 Å². The Morgan fingerprint density at radius 1 is 1.30 bits per heavy atom. The number of thiophene rings is 1. The first-order valence-electron chi connectivity index (χ1n) is 6.49. The van der Waals surface area contributed by atoms with E-state index in [2.05, 4.69) is 16.9 Å². The molecule has 20 heavy (non-hydrogen) atoms. The molecular weight excluding hydrogens is 274 g/mol. The number of amides is 2. The van der Waals surface area contributed by atoms with Gasteiger partial charge in [-0.15, -0.1) is 11.3 Å². The number of aryl methyl sites for hydroxylation is 2. The van der Waals surface area contributed by atoms with E-state index in [0.717, 1.165) is 22.3 Å². The number of fused-ring (bicyclic) bond motifs is 1. The highest BCUT2D eigenvalue weighted by Gasteiger charge is 2.26. The summed E-state index contributed by atoms with van der Waals surface area (Å²) in [6.07, 6.45) is 0. The number of nitrogens with two attached hydrogens (primary N) is 1. The monoisotopic (exact) mass is 291 g/mol. The minimum Gasteiger partial charge on any atom is -0.383 e. The summed E-state index contributed by atoms with van der Waals surface area (Å²) in [7, 11) is 1.80. The number of urea groups is 1. The lowest BCUT2D eigenvalue weighted by molar-refractivity contribution is 0.196. The van der Waals surface area contributed by atoms with Gasteiger partial charge in [0.15, 0.2) is 5.82 Å². The Morgan fingerprint density at radius 2 is 2.05 bits per heavy atom. The van der Waals surface area contributed by atoms with Crippen LogP contribution < -0.4 is 5.73 Å². The average molecular weight is 291 g/mol. The molecule has 0 atom stereocenters. The fourth-order valence-electron chi connectivity index (χ4n) is 2.42. The predicted octanol–water partition coefficient (Wildman–Crippen LogP) is 1.76. The third kappa shape index (κ3) is 1.98. The molecule has 0 spiro atoms. The number of hydrogen-bond donors (Lipinski definition) is 1. The van der Waals surface area contributed by atoms with Crippen LogP contribution in [-0.2, 0) is 6.54 Å². The Morgan fingerprint density at radius 3 is 2.70 bits per heavy atom. The minimum atomic E-state index is 0.0193. The molecule has 1 aliphatic heterocycles. The van der Waals surface area contributed by atoms with Crippen LogP contribution in [0.1, 0.15) is 16.3 Å². The second-order valence-electron chi connectivity index (χ2n) is 5.11. The summed E-state index contributed by atoms with van der Waals surface area (Å²) in [6, 6.07) is 0.0193. The lowest BCUT2D eigenvalue weighted by Crippen LogP contribution is -2.29. The van der Waals surface area contributed by atoms with Crippen molar-refractivity contribution in [1.29, 1.82) is 0 Å². The van der Waals surface area contributed by atoms with Gasteiger partial charge in [0.2, 0.25) is 0 Å². The highest BCUT2D eigenvalue weighted by Crippen LogP contribution is 2.32. The van der Waals surface area contributed by atoms with Crippen molar-refractivity contribution in [1.82, 2.24) is 19.8 Å². The third-order valence-electron chi connectivity index (χ3n) is 3.74. The highest BCUT2D eigenvalue weighted by molar-refractivity contribution is 7.18. The molecule has 7 heteroatoms. The Hall–Kier alpha value is -1.89. The van der Waals surface area contributed by atoms with Crippen LogP contribution >= 0.6 is 11.3 Å². The predicted molar refractivity (Wildman–Crippen MR) is 79.7 cm³/mol. The van der Waals surface area contributed by atoms with Gasteiger partial charge in [-0.3, -0.25) is 0 Å². The average Bonchev–Trinajstić information content (AvgIpc) is 2.84. The largest absolute Gasteiger partial charge is 0.383 e. The van der Waals surface area contributed by atoms with Crippen molar-refractivity contribution >= 4 is 33.4 Å². The molecule has 0 saturated carbocycles. The number of nitrogen functional groups attached to an aromatic ring is 1. The Bertz CT molecular complexity index is 696. The maximum atomic E-state index is 11.9. The van der Waals surface area contributed by atoms with E-state index in [4.69, 9.17) is 5.73 Å². The molecule has 106 valence electrons. The van der Waals surface area contributed by atoms with Crippen molar-refractivity contribution in [2.45, 2.75) is 20.4 Å². The zero-order valence-electron chi connectivity index (χ0n) is 11.8. The number of carbonyl (C=O) groups is 1. The molecule has 0 radical (unpaired) electrons. The molecule has 0 aliphatic carbocycles. The molecule has 2 aromatic heterocycles. The fourth-order valence-corrected chi connectivity index (χ4v) is 3.47. The van der Waals surface area contributed by atoms with Gasteiger partial charge in [-0.05, 0) is 19.4 Å². The summed E-state index contributed by atoms with van der Waals surface area (Å²) < 4.78 is 0. The van der Waals surface area contributed by atoms with E-state index in [-0.39, 0.29) is 6.03 Å². The van der Waals surface area contributed by atoms with Crippen molar-refractivity contribution in [2.24, 2.45) is 0 Å². The van der Waals surface area contributed by atoms with Crippen molar-refractivity contribution in [3.05, 3.63) is 16.3 Å². The molecule has 2 aromatic rings. The first kappa shape index (κ1) is 13.1. The number of aromatic nitrogens is 2. The summed E-state index contributed by atoms with van der Waals surface area (Å²) in [5.74, 6) is 1.12. The minimum absolute atomic E-state index is 0.0193. The maximum Gasteiger partial charge on any atom is 0.320 e.